The van der Waals surface area contributed by atoms with Crippen LogP contribution in [0.5, 0.6) is 0 Å². The lowest BCUT2D eigenvalue weighted by Crippen LogP contribution is -2.09. The summed E-state index contributed by atoms with van der Waals surface area (Å²) in [7, 11) is 3.97. The van der Waals surface area contributed by atoms with E-state index in [0.717, 1.165) is 41.2 Å². The van der Waals surface area contributed by atoms with Gasteiger partial charge < -0.3 is 15.7 Å². The molecule has 4 rings (SSSR count). The average molecular weight is 487 g/mol. The number of anilines is 2. The van der Waals surface area contributed by atoms with Crippen molar-refractivity contribution in [3.63, 3.8) is 0 Å². The highest BCUT2D eigenvalue weighted by Crippen LogP contribution is 2.32. The molecular formula is C27H36ClFN4O. The van der Waals surface area contributed by atoms with E-state index < -0.39 is 6.67 Å². The molecule has 0 amide bonds. The van der Waals surface area contributed by atoms with Gasteiger partial charge in [0.2, 0.25) is 0 Å². The third-order valence-electron chi connectivity index (χ3n) is 5.56. The van der Waals surface area contributed by atoms with E-state index >= 15 is 0 Å². The van der Waals surface area contributed by atoms with Crippen molar-refractivity contribution in [2.75, 3.05) is 38.0 Å². The zero-order valence-electron chi connectivity index (χ0n) is 20.6. The van der Waals surface area contributed by atoms with E-state index in [4.69, 9.17) is 22.4 Å². The Morgan fingerprint density at radius 1 is 1.00 bits per heavy atom. The maximum Gasteiger partial charge on any atom is 0.145 e. The average Bonchev–Trinajstić information content (AvgIpc) is 3.33. The van der Waals surface area contributed by atoms with Crippen LogP contribution in [0.15, 0.2) is 42.5 Å². The molecule has 0 unspecified atom stereocenters. The van der Waals surface area contributed by atoms with Gasteiger partial charge in [0.05, 0.1) is 28.7 Å². The van der Waals surface area contributed by atoms with Gasteiger partial charge in [-0.1, -0.05) is 49.7 Å². The predicted molar refractivity (Wildman–Crippen MR) is 142 cm³/mol. The minimum atomic E-state index is -0.625. The van der Waals surface area contributed by atoms with Crippen molar-refractivity contribution in [3.8, 4) is 11.3 Å². The normalized spacial score (nSPS) is 11.6. The highest BCUT2D eigenvalue weighted by molar-refractivity contribution is 6.33. The Labute approximate surface area is 207 Å². The van der Waals surface area contributed by atoms with E-state index in [1.54, 1.807) is 11.1 Å². The molecule has 3 N–H and O–H groups in total. The molecule has 1 aromatic heterocycles. The second kappa shape index (κ2) is 13.9. The maximum absolute atomic E-state index is 10.5. The molecule has 5 nitrogen and oxygen atoms in total. The number of aliphatic hydroxyl groups excluding tert-OH is 1. The molecule has 0 bridgehead atoms. The first kappa shape index (κ1) is 27.5. The minimum absolute atomic E-state index is 0.347. The molecule has 1 aliphatic carbocycles. The number of nitrogen functional groups attached to an aromatic ring is 1. The molecule has 2 aromatic carbocycles. The van der Waals surface area contributed by atoms with Gasteiger partial charge in [0.15, 0.2) is 0 Å². The summed E-state index contributed by atoms with van der Waals surface area (Å²) in [5.74, 6) is 0.513. The van der Waals surface area contributed by atoms with Crippen LogP contribution in [-0.2, 0) is 25.7 Å². The van der Waals surface area contributed by atoms with Gasteiger partial charge in [0, 0.05) is 25.3 Å². The van der Waals surface area contributed by atoms with Crippen LogP contribution in [0.25, 0.3) is 11.3 Å². The largest absolute Gasteiger partial charge is 0.394 e. The molecule has 1 heterocycles. The van der Waals surface area contributed by atoms with E-state index in [2.05, 4.69) is 34.2 Å². The molecule has 0 saturated carbocycles. The number of fused-ring (bicyclic) bond motifs is 1. The van der Waals surface area contributed by atoms with Crippen molar-refractivity contribution in [3.05, 3.63) is 70.0 Å². The van der Waals surface area contributed by atoms with Gasteiger partial charge >= 0.3 is 0 Å². The monoisotopic (exact) mass is 486 g/mol. The molecule has 0 radical (unpaired) electrons. The van der Waals surface area contributed by atoms with E-state index in [1.165, 1.54) is 19.3 Å². The standard InChI is InChI=1S/C16H21ClN4.C9H10.C2H5FO/c1-5-13-15(19-14(6-2)16(18)20-13)11-8-7-10(21(3)4)9-12(11)17;1-2-5-9-7-3-6-8(9)4-1;3-1-2-4/h7-9H,5-6H2,1-4H3,(H2,18,20);1-2,4-5H,3,6-7H2;4H,1-2H2. The zero-order chi connectivity index (χ0) is 25.1. The Balaban J connectivity index is 0.000000256. The molecule has 184 valence electrons. The number of hydrogen-bond acceptors (Lipinski definition) is 5. The van der Waals surface area contributed by atoms with E-state index in [0.29, 0.717) is 10.8 Å². The van der Waals surface area contributed by atoms with Crippen LogP contribution >= 0.6 is 11.6 Å². The summed E-state index contributed by atoms with van der Waals surface area (Å²) < 4.78 is 10.5. The van der Waals surface area contributed by atoms with Crippen molar-refractivity contribution >= 4 is 23.1 Å². The van der Waals surface area contributed by atoms with Crippen LogP contribution < -0.4 is 10.6 Å². The Hall–Kier alpha value is -2.70. The zero-order valence-corrected chi connectivity index (χ0v) is 21.4. The number of alkyl halides is 1. The summed E-state index contributed by atoms with van der Waals surface area (Å²) in [6.45, 7) is 3.09. The highest BCUT2D eigenvalue weighted by Gasteiger charge is 2.15. The molecule has 7 heteroatoms. The fraction of sp³-hybridized carbons (Fsp3) is 0.407. The number of halogens is 2. The van der Waals surface area contributed by atoms with Gasteiger partial charge in [-0.15, -0.1) is 0 Å². The van der Waals surface area contributed by atoms with Gasteiger partial charge in [-0.2, -0.15) is 0 Å². The first-order chi connectivity index (χ1) is 16.4. The third kappa shape index (κ3) is 7.40. The Kier molecular flexibility index (Phi) is 11.2. The number of hydrogen-bond donors (Lipinski definition) is 2. The van der Waals surface area contributed by atoms with Gasteiger partial charge in [0.25, 0.3) is 0 Å². The van der Waals surface area contributed by atoms with Crippen molar-refractivity contribution < 1.29 is 9.50 Å². The first-order valence-electron chi connectivity index (χ1n) is 11.7. The second-order valence-electron chi connectivity index (χ2n) is 8.15. The molecular weight excluding hydrogens is 451 g/mol. The maximum atomic E-state index is 10.5. The first-order valence-corrected chi connectivity index (χ1v) is 12.1. The smallest absolute Gasteiger partial charge is 0.145 e. The molecule has 3 aromatic rings. The lowest BCUT2D eigenvalue weighted by atomic mass is 10.1. The molecule has 0 saturated heterocycles. The molecule has 0 fully saturated rings. The van der Waals surface area contributed by atoms with Gasteiger partial charge in [-0.05, 0) is 61.4 Å². The highest BCUT2D eigenvalue weighted by atomic mass is 35.5. The van der Waals surface area contributed by atoms with E-state index in [-0.39, 0.29) is 6.61 Å². The van der Waals surface area contributed by atoms with E-state index in [1.807, 2.05) is 51.0 Å². The lowest BCUT2D eigenvalue weighted by Gasteiger charge is -2.16. The van der Waals surface area contributed by atoms with Gasteiger partial charge in [-0.3, -0.25) is 0 Å². The van der Waals surface area contributed by atoms with Crippen LogP contribution in [0.3, 0.4) is 0 Å². The summed E-state index contributed by atoms with van der Waals surface area (Å²) in [6, 6.07) is 14.7. The minimum Gasteiger partial charge on any atom is -0.394 e. The number of aromatic nitrogens is 2. The summed E-state index contributed by atoms with van der Waals surface area (Å²) >= 11 is 6.45. The van der Waals surface area contributed by atoms with E-state index in [9.17, 15) is 4.39 Å². The lowest BCUT2D eigenvalue weighted by molar-refractivity contribution is 0.253. The summed E-state index contributed by atoms with van der Waals surface area (Å²) in [4.78, 5) is 11.2. The second-order valence-corrected chi connectivity index (χ2v) is 8.56. The quantitative estimate of drug-likeness (QED) is 0.484. The number of benzene rings is 2. The summed E-state index contributed by atoms with van der Waals surface area (Å²) in [6.07, 6.45) is 5.48. The molecule has 0 atom stereocenters. The van der Waals surface area contributed by atoms with Crippen LogP contribution in [0.1, 0.15) is 42.8 Å². The van der Waals surface area contributed by atoms with Crippen molar-refractivity contribution in [2.45, 2.75) is 46.0 Å². The van der Waals surface area contributed by atoms with Gasteiger partial charge in [0.1, 0.15) is 12.5 Å². The Morgan fingerprint density at radius 3 is 2.06 bits per heavy atom. The van der Waals surface area contributed by atoms with Crippen LogP contribution in [0, 0.1) is 0 Å². The number of aryl methyl sites for hydroxylation is 4. The molecule has 1 aliphatic rings. The molecule has 0 aliphatic heterocycles. The number of rotatable bonds is 5. The molecule has 0 spiro atoms. The van der Waals surface area contributed by atoms with Crippen LogP contribution in [0.2, 0.25) is 5.02 Å². The predicted octanol–water partition coefficient (Wildman–Crippen LogP) is 5.69. The molecule has 34 heavy (non-hydrogen) atoms. The topological polar surface area (TPSA) is 75.3 Å². The SMILES string of the molecule is CCc1nc(-c2ccc(N(C)C)cc2Cl)c(CC)nc1N.OCCF.c1ccc2c(c1)CCC2. The summed E-state index contributed by atoms with van der Waals surface area (Å²) in [5, 5.41) is 8.18. The summed E-state index contributed by atoms with van der Waals surface area (Å²) in [5.41, 5.74) is 13.6. The van der Waals surface area contributed by atoms with Crippen LogP contribution in [-0.4, -0.2) is 42.5 Å². The van der Waals surface area contributed by atoms with Gasteiger partial charge in [-0.25, -0.2) is 14.4 Å². The number of aliphatic hydroxyl groups is 1. The fourth-order valence-corrected chi connectivity index (χ4v) is 4.00. The van der Waals surface area contributed by atoms with Crippen molar-refractivity contribution in [2.24, 2.45) is 0 Å². The number of nitrogens with two attached hydrogens (primary N) is 1. The fourth-order valence-electron chi connectivity index (χ4n) is 3.73. The van der Waals surface area contributed by atoms with Crippen molar-refractivity contribution in [1.29, 1.82) is 0 Å². The Morgan fingerprint density at radius 2 is 1.59 bits per heavy atom. The number of nitrogens with zero attached hydrogens (tertiary/aromatic N) is 3. The van der Waals surface area contributed by atoms with Crippen molar-refractivity contribution in [1.82, 2.24) is 9.97 Å². The van der Waals surface area contributed by atoms with Crippen LogP contribution in [0.4, 0.5) is 15.9 Å². The Bertz CT molecular complexity index is 1030. The third-order valence-corrected chi connectivity index (χ3v) is 5.87.